The van der Waals surface area contributed by atoms with Gasteiger partial charge in [-0.3, -0.25) is 0 Å². The number of fused-ring (bicyclic) bond motifs is 1. The van der Waals surface area contributed by atoms with E-state index in [4.69, 9.17) is 4.42 Å². The molecule has 1 heterocycles. The van der Waals surface area contributed by atoms with Crippen LogP contribution in [0.1, 0.15) is 10.6 Å². The van der Waals surface area contributed by atoms with Crippen LogP contribution in [0.2, 0.25) is 0 Å². The van der Waals surface area contributed by atoms with Crippen LogP contribution in [0, 0.1) is 0 Å². The number of ketones is 1. The maximum atomic E-state index is 13.9. The molecule has 0 fully saturated rings. The van der Waals surface area contributed by atoms with E-state index in [-0.39, 0.29) is 11.9 Å². The molecule has 0 aliphatic heterocycles. The summed E-state index contributed by atoms with van der Waals surface area (Å²) in [6.45, 7) is 0. The number of carbonyl (C=O) groups is 1. The van der Waals surface area contributed by atoms with Gasteiger partial charge in [0, 0.05) is 0 Å². The van der Waals surface area contributed by atoms with Gasteiger partial charge in [0.05, 0.1) is 0 Å². The molecule has 4 aromatic carbocycles. The molecule has 2 nitrogen and oxygen atoms in total. The van der Waals surface area contributed by atoms with Gasteiger partial charge in [-0.25, -0.2) is 0 Å². The Balaban J connectivity index is 1.77. The quantitative estimate of drug-likeness (QED) is 0.198. The van der Waals surface area contributed by atoms with Crippen molar-refractivity contribution in [2.45, 2.75) is 0 Å². The number of furan rings is 1. The van der Waals surface area contributed by atoms with E-state index in [1.54, 1.807) is 0 Å². The SMILES string of the molecule is O=C(CP(Br)(c1ccccc1)(c1ccccc1)c1ccccc1)c1cc2ccccc2o1. The third-order valence-electron chi connectivity index (χ3n) is 6.02. The summed E-state index contributed by atoms with van der Waals surface area (Å²) in [5, 5.41) is 0.935. The van der Waals surface area contributed by atoms with E-state index < -0.39 is 5.31 Å². The third kappa shape index (κ3) is 3.33. The van der Waals surface area contributed by atoms with Gasteiger partial charge in [0.2, 0.25) is 0 Å². The van der Waals surface area contributed by atoms with Crippen LogP contribution >= 0.6 is 20.8 Å². The Hall–Kier alpha value is -3.00. The van der Waals surface area contributed by atoms with Crippen molar-refractivity contribution in [3.8, 4) is 0 Å². The predicted octanol–water partition coefficient (Wildman–Crippen LogP) is 6.46. The van der Waals surface area contributed by atoms with Gasteiger partial charge < -0.3 is 0 Å². The van der Waals surface area contributed by atoms with E-state index in [0.29, 0.717) is 5.76 Å². The van der Waals surface area contributed by atoms with Crippen molar-refractivity contribution in [2.75, 3.05) is 6.16 Å². The fraction of sp³-hybridized carbons (Fsp3) is 0.0357. The molecule has 0 saturated heterocycles. The molecule has 0 aliphatic rings. The van der Waals surface area contributed by atoms with Gasteiger partial charge in [-0.1, -0.05) is 0 Å². The van der Waals surface area contributed by atoms with Crippen molar-refractivity contribution in [1.82, 2.24) is 0 Å². The van der Waals surface area contributed by atoms with Gasteiger partial charge in [0.1, 0.15) is 0 Å². The van der Waals surface area contributed by atoms with Crippen LogP contribution in [0.4, 0.5) is 0 Å². The Morgan fingerprint density at radius 1 is 0.656 bits per heavy atom. The second-order valence-corrected chi connectivity index (χ2v) is 16.8. The molecule has 5 rings (SSSR count). The summed E-state index contributed by atoms with van der Waals surface area (Å²) in [6, 6.07) is 40.6. The number of benzene rings is 4. The predicted molar refractivity (Wildman–Crippen MR) is 139 cm³/mol. The minimum atomic E-state index is -3.33. The molecular weight excluding hydrogens is 479 g/mol. The summed E-state index contributed by atoms with van der Waals surface area (Å²) >= 11 is 4.33. The van der Waals surface area contributed by atoms with Crippen LogP contribution in [-0.2, 0) is 0 Å². The van der Waals surface area contributed by atoms with Crippen molar-refractivity contribution >= 4 is 53.5 Å². The molecule has 0 atom stereocenters. The summed E-state index contributed by atoms with van der Waals surface area (Å²) in [6.07, 6.45) is 0.281. The van der Waals surface area contributed by atoms with E-state index in [1.807, 2.05) is 84.9 Å². The molecule has 4 heteroatoms. The molecule has 1 aromatic heterocycles. The fourth-order valence-electron chi connectivity index (χ4n) is 4.40. The van der Waals surface area contributed by atoms with Gasteiger partial charge in [0.25, 0.3) is 0 Å². The normalized spacial score (nSPS) is 12.8. The summed E-state index contributed by atoms with van der Waals surface area (Å²) < 4.78 is 5.98. The first-order valence-electron chi connectivity index (χ1n) is 10.5. The van der Waals surface area contributed by atoms with Crippen LogP contribution in [0.5, 0.6) is 0 Å². The Morgan fingerprint density at radius 2 is 1.09 bits per heavy atom. The van der Waals surface area contributed by atoms with Crippen molar-refractivity contribution < 1.29 is 9.21 Å². The summed E-state index contributed by atoms with van der Waals surface area (Å²) in [5.74, 6) is 0.370. The zero-order valence-corrected chi connectivity index (χ0v) is 19.9. The van der Waals surface area contributed by atoms with Crippen LogP contribution in [-0.4, -0.2) is 11.9 Å². The van der Waals surface area contributed by atoms with Gasteiger partial charge in [-0.2, -0.15) is 0 Å². The molecule has 0 amide bonds. The van der Waals surface area contributed by atoms with Crippen molar-refractivity contribution in [3.05, 3.63) is 127 Å². The summed E-state index contributed by atoms with van der Waals surface area (Å²) in [4.78, 5) is 13.9. The topological polar surface area (TPSA) is 30.2 Å². The maximum absolute atomic E-state index is 13.9. The average molecular weight is 501 g/mol. The zero-order chi connectivity index (χ0) is 22.0. The number of hydrogen-bond acceptors (Lipinski definition) is 2. The monoisotopic (exact) mass is 500 g/mol. The Morgan fingerprint density at radius 3 is 1.56 bits per heavy atom. The number of rotatable bonds is 6. The average Bonchev–Trinajstić information content (AvgIpc) is 3.30. The van der Waals surface area contributed by atoms with Crippen molar-refractivity contribution in [3.63, 3.8) is 0 Å². The molecular formula is C28H22BrO2P. The van der Waals surface area contributed by atoms with E-state index >= 15 is 0 Å². The number of carbonyl (C=O) groups excluding carboxylic acids is 1. The molecule has 32 heavy (non-hydrogen) atoms. The first kappa shape index (κ1) is 20.9. The van der Waals surface area contributed by atoms with Gasteiger partial charge in [-0.05, 0) is 0 Å². The number of para-hydroxylation sites is 1. The first-order chi connectivity index (χ1) is 15.6. The van der Waals surface area contributed by atoms with E-state index in [9.17, 15) is 4.79 Å². The summed E-state index contributed by atoms with van der Waals surface area (Å²) in [7, 11) is 0. The van der Waals surface area contributed by atoms with Crippen molar-refractivity contribution in [2.24, 2.45) is 0 Å². The molecule has 0 radical (unpaired) electrons. The molecule has 0 N–H and O–H groups in total. The summed E-state index contributed by atoms with van der Waals surface area (Å²) in [5.41, 5.74) is 0.727. The number of hydrogen-bond donors (Lipinski definition) is 0. The van der Waals surface area contributed by atoms with E-state index in [2.05, 4.69) is 51.9 Å². The van der Waals surface area contributed by atoms with Gasteiger partial charge in [0.15, 0.2) is 0 Å². The van der Waals surface area contributed by atoms with Gasteiger partial charge in [-0.15, -0.1) is 0 Å². The van der Waals surface area contributed by atoms with Gasteiger partial charge >= 0.3 is 196 Å². The fourth-order valence-corrected chi connectivity index (χ4v) is 11.7. The van der Waals surface area contributed by atoms with Crippen LogP contribution in [0.3, 0.4) is 0 Å². The molecule has 0 bridgehead atoms. The van der Waals surface area contributed by atoms with Crippen LogP contribution in [0.25, 0.3) is 11.0 Å². The number of Topliss-reactive ketones (excluding diaryl/α,β-unsaturated/α-hetero) is 1. The molecule has 0 aliphatic carbocycles. The van der Waals surface area contributed by atoms with E-state index in [0.717, 1.165) is 26.9 Å². The Bertz CT molecular complexity index is 1250. The molecule has 5 aromatic rings. The minimum absolute atomic E-state index is 0.0210. The standard InChI is InChI=1S/C28H22BrO2P/c29-32(23-13-4-1-5-14-23,24-15-6-2-7-16-24,25-17-8-3-9-18-25)21-26(30)28-20-22-12-10-11-19-27(22)31-28/h1-20H,21H2. The second kappa shape index (κ2) is 8.16. The second-order valence-electron chi connectivity index (χ2n) is 7.92. The zero-order valence-electron chi connectivity index (χ0n) is 17.4. The van der Waals surface area contributed by atoms with Crippen molar-refractivity contribution in [1.29, 1.82) is 0 Å². The molecule has 0 saturated carbocycles. The van der Waals surface area contributed by atoms with E-state index in [1.165, 1.54) is 0 Å². The first-order valence-corrected chi connectivity index (χ1v) is 14.9. The van der Waals surface area contributed by atoms with Crippen LogP contribution < -0.4 is 15.9 Å². The van der Waals surface area contributed by atoms with Crippen LogP contribution in [0.15, 0.2) is 126 Å². The Labute approximate surface area is 195 Å². The molecule has 158 valence electrons. The Kier molecular flexibility index (Phi) is 5.33. The number of halogens is 1. The molecule has 0 spiro atoms. The third-order valence-corrected chi connectivity index (χ3v) is 15.5. The molecule has 0 unspecified atom stereocenters.